The van der Waals surface area contributed by atoms with E-state index in [0.717, 1.165) is 36.1 Å². The molecule has 1 aromatic heterocycles. The molecule has 8 nitrogen and oxygen atoms in total. The molecule has 0 radical (unpaired) electrons. The third kappa shape index (κ3) is 4.60. The van der Waals surface area contributed by atoms with Gasteiger partial charge in [0.2, 0.25) is 5.91 Å². The Bertz CT molecular complexity index is 741. The maximum atomic E-state index is 12.8. The van der Waals surface area contributed by atoms with E-state index in [1.807, 2.05) is 5.32 Å². The van der Waals surface area contributed by atoms with Crippen LogP contribution in [0.5, 0.6) is 0 Å². The number of nitrogens with two attached hydrogens (primary N) is 1. The second-order valence-corrected chi connectivity index (χ2v) is 7.62. The largest absolute Gasteiger partial charge is 0.448 e. The lowest BCUT2D eigenvalue weighted by Crippen LogP contribution is -2.45. The highest BCUT2D eigenvalue weighted by molar-refractivity contribution is 7.17. The minimum Gasteiger partial charge on any atom is -0.448 e. The van der Waals surface area contributed by atoms with Gasteiger partial charge in [-0.05, 0) is 37.2 Å². The van der Waals surface area contributed by atoms with Gasteiger partial charge in [0.15, 0.2) is 6.10 Å². The second-order valence-electron chi connectivity index (χ2n) is 6.52. The zero-order valence-electron chi connectivity index (χ0n) is 15.0. The van der Waals surface area contributed by atoms with Gasteiger partial charge in [-0.25, -0.2) is 9.59 Å². The Morgan fingerprint density at radius 2 is 1.81 bits per heavy atom. The molecule has 0 aromatic carbocycles. The van der Waals surface area contributed by atoms with E-state index in [0.29, 0.717) is 10.6 Å². The molecule has 0 saturated heterocycles. The molecule has 4 amide bonds. The number of hydrogen-bond acceptors (Lipinski definition) is 6. The number of urea groups is 1. The summed E-state index contributed by atoms with van der Waals surface area (Å²) in [6, 6.07) is -1.01. The highest BCUT2D eigenvalue weighted by Crippen LogP contribution is 2.38. The van der Waals surface area contributed by atoms with Gasteiger partial charge in [0, 0.05) is 11.8 Å². The molecule has 0 aliphatic heterocycles. The van der Waals surface area contributed by atoms with Crippen molar-refractivity contribution in [1.82, 2.24) is 5.32 Å². The molecule has 4 N–H and O–H groups in total. The standard InChI is InChI=1S/C17H23N3O5S/c1-8(2)13(14(22)20-17(18)24)25-16(23)12-10-6-4-5-7-11(10)26-15(12)19-9(3)21/h8,13H,4-7H2,1-3H3,(H,19,21)(H3,18,20,22,24)/t13-/m0/s1. The smallest absolute Gasteiger partial charge is 0.342 e. The minimum absolute atomic E-state index is 0.287. The van der Waals surface area contributed by atoms with Gasteiger partial charge < -0.3 is 15.8 Å². The first-order chi connectivity index (χ1) is 12.2. The van der Waals surface area contributed by atoms with Crippen molar-refractivity contribution in [2.75, 3.05) is 5.32 Å². The van der Waals surface area contributed by atoms with Crippen molar-refractivity contribution >= 4 is 40.2 Å². The van der Waals surface area contributed by atoms with Crippen LogP contribution < -0.4 is 16.4 Å². The van der Waals surface area contributed by atoms with Crippen LogP contribution in [0, 0.1) is 5.92 Å². The SMILES string of the molecule is CC(=O)Nc1sc2c(c1C(=O)O[C@H](C(=O)NC(N)=O)C(C)C)CCCC2. The van der Waals surface area contributed by atoms with Crippen LogP contribution in [0.3, 0.4) is 0 Å². The average molecular weight is 381 g/mol. The number of imide groups is 1. The molecule has 0 saturated carbocycles. The Morgan fingerprint density at radius 1 is 1.15 bits per heavy atom. The molecule has 0 spiro atoms. The number of anilines is 1. The van der Waals surface area contributed by atoms with Crippen LogP contribution in [-0.4, -0.2) is 29.9 Å². The van der Waals surface area contributed by atoms with E-state index in [2.05, 4.69) is 5.32 Å². The summed E-state index contributed by atoms with van der Waals surface area (Å²) in [4.78, 5) is 48.4. The van der Waals surface area contributed by atoms with Crippen LogP contribution in [0.2, 0.25) is 0 Å². The number of carbonyl (C=O) groups is 4. The van der Waals surface area contributed by atoms with Crippen LogP contribution in [0.4, 0.5) is 9.80 Å². The van der Waals surface area contributed by atoms with Crippen LogP contribution in [0.1, 0.15) is 54.4 Å². The van der Waals surface area contributed by atoms with Crippen molar-refractivity contribution in [2.45, 2.75) is 52.6 Å². The average Bonchev–Trinajstić information content (AvgIpc) is 2.88. The van der Waals surface area contributed by atoms with Gasteiger partial charge in [-0.15, -0.1) is 11.3 Å². The molecule has 0 bridgehead atoms. The third-order valence-corrected chi connectivity index (χ3v) is 5.22. The number of amides is 4. The lowest BCUT2D eigenvalue weighted by molar-refractivity contribution is -0.130. The maximum absolute atomic E-state index is 12.8. The van der Waals surface area contributed by atoms with E-state index >= 15 is 0 Å². The molecule has 1 aliphatic rings. The number of esters is 1. The van der Waals surface area contributed by atoms with Crippen molar-refractivity contribution in [1.29, 1.82) is 0 Å². The molecule has 2 rings (SSSR count). The first kappa shape index (κ1) is 19.9. The summed E-state index contributed by atoms with van der Waals surface area (Å²) in [6.07, 6.45) is 2.36. The van der Waals surface area contributed by atoms with E-state index < -0.39 is 24.0 Å². The lowest BCUT2D eigenvalue weighted by atomic mass is 9.95. The topological polar surface area (TPSA) is 128 Å². The van der Waals surface area contributed by atoms with Gasteiger partial charge >= 0.3 is 12.0 Å². The Kier molecular flexibility index (Phi) is 6.36. The molecule has 0 unspecified atom stereocenters. The number of hydrogen-bond donors (Lipinski definition) is 3. The van der Waals surface area contributed by atoms with E-state index in [-0.39, 0.29) is 11.8 Å². The zero-order chi connectivity index (χ0) is 19.4. The molecule has 1 aromatic rings. The van der Waals surface area contributed by atoms with Gasteiger partial charge in [-0.1, -0.05) is 13.8 Å². The van der Waals surface area contributed by atoms with E-state index in [4.69, 9.17) is 10.5 Å². The van der Waals surface area contributed by atoms with E-state index in [9.17, 15) is 19.2 Å². The quantitative estimate of drug-likeness (QED) is 0.672. The summed E-state index contributed by atoms with van der Waals surface area (Å²) in [5.41, 5.74) is 6.14. The minimum atomic E-state index is -1.17. The molecule has 1 heterocycles. The Morgan fingerprint density at radius 3 is 2.38 bits per heavy atom. The molecular formula is C17H23N3O5S. The first-order valence-corrected chi connectivity index (χ1v) is 9.25. The monoisotopic (exact) mass is 381 g/mol. The molecule has 1 atom stereocenters. The van der Waals surface area contributed by atoms with Crippen LogP contribution in [-0.2, 0) is 27.2 Å². The summed E-state index contributed by atoms with van der Waals surface area (Å²) in [5.74, 6) is -2.11. The van der Waals surface area contributed by atoms with E-state index in [1.54, 1.807) is 13.8 Å². The fourth-order valence-electron chi connectivity index (χ4n) is 2.89. The summed E-state index contributed by atoms with van der Waals surface area (Å²) in [6.45, 7) is 4.75. The molecule has 26 heavy (non-hydrogen) atoms. The Hall–Kier alpha value is -2.42. The predicted molar refractivity (Wildman–Crippen MR) is 97.0 cm³/mol. The van der Waals surface area contributed by atoms with Gasteiger partial charge in [-0.3, -0.25) is 14.9 Å². The Balaban J connectivity index is 2.32. The number of rotatable bonds is 5. The number of thiophene rings is 1. The van der Waals surface area contributed by atoms with Crippen LogP contribution in [0.15, 0.2) is 0 Å². The van der Waals surface area contributed by atoms with Gasteiger partial charge in [0.05, 0.1) is 5.56 Å². The fraction of sp³-hybridized carbons (Fsp3) is 0.529. The van der Waals surface area contributed by atoms with Crippen molar-refractivity contribution in [2.24, 2.45) is 11.7 Å². The number of aryl methyl sites for hydroxylation is 1. The van der Waals surface area contributed by atoms with Crippen molar-refractivity contribution in [3.8, 4) is 0 Å². The van der Waals surface area contributed by atoms with E-state index in [1.165, 1.54) is 18.3 Å². The molecular weight excluding hydrogens is 358 g/mol. The van der Waals surface area contributed by atoms with Gasteiger partial charge in [-0.2, -0.15) is 0 Å². The third-order valence-electron chi connectivity index (χ3n) is 4.01. The van der Waals surface area contributed by atoms with Crippen LogP contribution in [0.25, 0.3) is 0 Å². The van der Waals surface area contributed by atoms with Crippen molar-refractivity contribution in [3.63, 3.8) is 0 Å². The highest BCUT2D eigenvalue weighted by atomic mass is 32.1. The summed E-state index contributed by atoms with van der Waals surface area (Å²) < 4.78 is 5.40. The molecule has 142 valence electrons. The molecule has 0 fully saturated rings. The molecule has 9 heteroatoms. The van der Waals surface area contributed by atoms with Gasteiger partial charge in [0.1, 0.15) is 5.00 Å². The number of fused-ring (bicyclic) bond motifs is 1. The second kappa shape index (κ2) is 8.31. The summed E-state index contributed by atoms with van der Waals surface area (Å²) >= 11 is 1.37. The van der Waals surface area contributed by atoms with Gasteiger partial charge in [0.25, 0.3) is 5.91 Å². The number of carbonyl (C=O) groups excluding carboxylic acids is 4. The summed E-state index contributed by atoms with van der Waals surface area (Å²) in [7, 11) is 0. The highest BCUT2D eigenvalue weighted by Gasteiger charge is 2.32. The first-order valence-electron chi connectivity index (χ1n) is 8.44. The number of primary amides is 1. The predicted octanol–water partition coefficient (Wildman–Crippen LogP) is 1.96. The lowest BCUT2D eigenvalue weighted by Gasteiger charge is -2.21. The van der Waals surface area contributed by atoms with Crippen molar-refractivity contribution < 1.29 is 23.9 Å². The van der Waals surface area contributed by atoms with Crippen LogP contribution >= 0.6 is 11.3 Å². The van der Waals surface area contributed by atoms with Crippen molar-refractivity contribution in [3.05, 3.63) is 16.0 Å². The Labute approximate surface area is 155 Å². The fourth-order valence-corrected chi connectivity index (χ4v) is 4.21. The molecule has 1 aliphatic carbocycles. The number of nitrogens with one attached hydrogen (secondary N) is 2. The maximum Gasteiger partial charge on any atom is 0.342 e. The summed E-state index contributed by atoms with van der Waals surface area (Å²) in [5, 5.41) is 5.06. The normalized spacial score (nSPS) is 14.3. The number of ether oxygens (including phenoxy) is 1. The zero-order valence-corrected chi connectivity index (χ0v) is 15.8.